The van der Waals surface area contributed by atoms with Gasteiger partial charge in [0.25, 0.3) is 0 Å². The zero-order chi connectivity index (χ0) is 21.0. The fraction of sp³-hybridized carbons (Fsp3) is 0.364. The Labute approximate surface area is 170 Å². The third-order valence-corrected chi connectivity index (χ3v) is 4.92. The fourth-order valence-electron chi connectivity index (χ4n) is 3.46. The number of methoxy groups -OCH3 is 2. The van der Waals surface area contributed by atoms with Gasteiger partial charge in [0.05, 0.1) is 26.7 Å². The number of carbonyl (C=O) groups excluding carboxylic acids is 2. The molecule has 0 bridgehead atoms. The van der Waals surface area contributed by atoms with Crippen LogP contribution in [0.3, 0.4) is 0 Å². The number of nitrogens with one attached hydrogen (secondary N) is 1. The summed E-state index contributed by atoms with van der Waals surface area (Å²) >= 11 is 0. The lowest BCUT2D eigenvalue weighted by molar-refractivity contribution is -0.118. The molecule has 7 heteroatoms. The van der Waals surface area contributed by atoms with Crippen molar-refractivity contribution in [1.82, 2.24) is 0 Å². The Morgan fingerprint density at radius 3 is 2.31 bits per heavy atom. The second kappa shape index (κ2) is 8.86. The first-order valence-electron chi connectivity index (χ1n) is 9.51. The van der Waals surface area contributed by atoms with Crippen LogP contribution in [-0.2, 0) is 9.53 Å². The third kappa shape index (κ3) is 4.45. The average molecular weight is 398 g/mol. The second-order valence-corrected chi connectivity index (χ2v) is 7.14. The molecule has 7 nitrogen and oxygen atoms in total. The van der Waals surface area contributed by atoms with Crippen molar-refractivity contribution in [2.45, 2.75) is 19.8 Å². The van der Waals surface area contributed by atoms with E-state index in [1.165, 1.54) is 0 Å². The molecule has 3 rings (SSSR count). The topological polar surface area (TPSA) is 77.1 Å². The molecule has 1 heterocycles. The van der Waals surface area contributed by atoms with E-state index in [1.54, 1.807) is 49.5 Å². The fourth-order valence-corrected chi connectivity index (χ4v) is 3.46. The van der Waals surface area contributed by atoms with Gasteiger partial charge >= 0.3 is 6.09 Å². The van der Waals surface area contributed by atoms with Crippen molar-refractivity contribution in [1.29, 1.82) is 0 Å². The molecule has 0 radical (unpaired) electrons. The number of anilines is 2. The Balaban J connectivity index is 1.77. The minimum absolute atomic E-state index is 0.0757. The maximum Gasteiger partial charge on any atom is 0.414 e. The Hall–Kier alpha value is -3.22. The number of hydrogen-bond acceptors (Lipinski definition) is 5. The van der Waals surface area contributed by atoms with Crippen LogP contribution < -0.4 is 19.7 Å². The number of benzene rings is 2. The molecule has 0 aromatic heterocycles. The van der Waals surface area contributed by atoms with E-state index in [1.807, 2.05) is 26.0 Å². The number of nitrogens with zero attached hydrogens (tertiary/aromatic N) is 1. The number of hydrogen-bond donors (Lipinski definition) is 1. The summed E-state index contributed by atoms with van der Waals surface area (Å²) in [6.07, 6.45) is -0.352. The lowest BCUT2D eigenvalue weighted by Crippen LogP contribution is -2.25. The molecule has 1 saturated heterocycles. The van der Waals surface area contributed by atoms with Gasteiger partial charge in [0.15, 0.2) is 11.5 Å². The molecule has 154 valence electrons. The summed E-state index contributed by atoms with van der Waals surface area (Å²) in [6, 6.07) is 12.7. The molecule has 2 amide bonds. The maximum absolute atomic E-state index is 13.0. The number of carbonyl (C=O) groups is 2. The summed E-state index contributed by atoms with van der Waals surface area (Å²) in [6.45, 7) is 4.92. The summed E-state index contributed by atoms with van der Waals surface area (Å²) in [5, 5.41) is 2.97. The standard InChI is InChI=1S/C22H26N2O5/c1-14(2)20(15-5-10-18(27-3)19(13-15)28-4)21(25)23-16-6-8-17(9-7-16)24-11-12-29-22(24)26/h5-10,13-14,20H,11-12H2,1-4H3,(H,23,25). The van der Waals surface area contributed by atoms with Crippen LogP contribution in [0.25, 0.3) is 0 Å². The van der Waals surface area contributed by atoms with E-state index in [0.717, 1.165) is 11.3 Å². The van der Waals surface area contributed by atoms with Gasteiger partial charge in [-0.3, -0.25) is 9.69 Å². The van der Waals surface area contributed by atoms with Gasteiger partial charge in [0, 0.05) is 11.4 Å². The van der Waals surface area contributed by atoms with Gasteiger partial charge in [-0.15, -0.1) is 0 Å². The van der Waals surface area contributed by atoms with E-state index < -0.39 is 0 Å². The molecule has 0 spiro atoms. The van der Waals surface area contributed by atoms with Crippen molar-refractivity contribution in [3.05, 3.63) is 48.0 Å². The van der Waals surface area contributed by atoms with Crippen LogP contribution in [0.4, 0.5) is 16.2 Å². The van der Waals surface area contributed by atoms with Gasteiger partial charge in [-0.1, -0.05) is 19.9 Å². The van der Waals surface area contributed by atoms with Crippen molar-refractivity contribution in [2.75, 3.05) is 37.6 Å². The lowest BCUT2D eigenvalue weighted by atomic mass is 9.87. The molecule has 0 saturated carbocycles. The second-order valence-electron chi connectivity index (χ2n) is 7.14. The zero-order valence-electron chi connectivity index (χ0n) is 17.1. The van der Waals surface area contributed by atoms with Crippen LogP contribution in [0.5, 0.6) is 11.5 Å². The predicted octanol–water partition coefficient (Wildman–Crippen LogP) is 4.04. The zero-order valence-corrected chi connectivity index (χ0v) is 17.1. The van der Waals surface area contributed by atoms with Crippen molar-refractivity contribution >= 4 is 23.4 Å². The lowest BCUT2D eigenvalue weighted by Gasteiger charge is -2.22. The maximum atomic E-state index is 13.0. The minimum atomic E-state index is -0.358. The molecule has 29 heavy (non-hydrogen) atoms. The summed E-state index contributed by atoms with van der Waals surface area (Å²) in [5.74, 6) is 0.816. The van der Waals surface area contributed by atoms with E-state index in [0.29, 0.717) is 30.3 Å². The van der Waals surface area contributed by atoms with Gasteiger partial charge in [-0.05, 0) is 47.9 Å². The van der Waals surface area contributed by atoms with Crippen LogP contribution in [0.2, 0.25) is 0 Å². The van der Waals surface area contributed by atoms with Crippen LogP contribution in [0, 0.1) is 5.92 Å². The molecule has 1 N–H and O–H groups in total. The molecule has 0 aliphatic carbocycles. The quantitative estimate of drug-likeness (QED) is 0.762. The van der Waals surface area contributed by atoms with Gasteiger partial charge in [-0.2, -0.15) is 0 Å². The molecule has 1 atom stereocenters. The van der Waals surface area contributed by atoms with Crippen LogP contribution >= 0.6 is 0 Å². The average Bonchev–Trinajstić information content (AvgIpc) is 3.14. The molecule has 1 aliphatic rings. The summed E-state index contributed by atoms with van der Waals surface area (Å²) in [7, 11) is 3.15. The van der Waals surface area contributed by atoms with Gasteiger partial charge in [-0.25, -0.2) is 4.79 Å². The van der Waals surface area contributed by atoms with Crippen molar-refractivity contribution in [3.8, 4) is 11.5 Å². The van der Waals surface area contributed by atoms with Crippen molar-refractivity contribution < 1.29 is 23.8 Å². The monoisotopic (exact) mass is 398 g/mol. The van der Waals surface area contributed by atoms with E-state index >= 15 is 0 Å². The summed E-state index contributed by atoms with van der Waals surface area (Å²) in [4.78, 5) is 26.3. The Kier molecular flexibility index (Phi) is 6.26. The Bertz CT molecular complexity index is 879. The predicted molar refractivity (Wildman–Crippen MR) is 111 cm³/mol. The molecule has 2 aromatic rings. The van der Waals surface area contributed by atoms with Gasteiger partial charge in [0.2, 0.25) is 5.91 Å². The molecular weight excluding hydrogens is 372 g/mol. The van der Waals surface area contributed by atoms with Crippen molar-refractivity contribution in [2.24, 2.45) is 5.92 Å². The summed E-state index contributed by atoms with van der Waals surface area (Å²) < 4.78 is 15.6. The van der Waals surface area contributed by atoms with Gasteiger partial charge in [0.1, 0.15) is 6.61 Å². The first-order valence-corrected chi connectivity index (χ1v) is 9.51. The van der Waals surface area contributed by atoms with Crippen LogP contribution in [-0.4, -0.2) is 39.4 Å². The Morgan fingerprint density at radius 2 is 1.76 bits per heavy atom. The first kappa shape index (κ1) is 20.5. The number of ether oxygens (including phenoxy) is 3. The highest BCUT2D eigenvalue weighted by molar-refractivity contribution is 5.96. The molecule has 1 unspecified atom stereocenters. The number of rotatable bonds is 7. The molecular formula is C22H26N2O5. The van der Waals surface area contributed by atoms with E-state index in [4.69, 9.17) is 14.2 Å². The van der Waals surface area contributed by atoms with Gasteiger partial charge < -0.3 is 19.5 Å². The van der Waals surface area contributed by atoms with Crippen LogP contribution in [0.15, 0.2) is 42.5 Å². The Morgan fingerprint density at radius 1 is 1.07 bits per heavy atom. The van der Waals surface area contributed by atoms with Crippen molar-refractivity contribution in [3.63, 3.8) is 0 Å². The summed E-state index contributed by atoms with van der Waals surface area (Å²) in [5.41, 5.74) is 2.26. The molecule has 1 aliphatic heterocycles. The number of amides is 2. The minimum Gasteiger partial charge on any atom is -0.493 e. The first-order chi connectivity index (χ1) is 13.9. The van der Waals surface area contributed by atoms with E-state index in [9.17, 15) is 9.59 Å². The molecule has 2 aromatic carbocycles. The normalized spacial score (nSPS) is 14.5. The highest BCUT2D eigenvalue weighted by atomic mass is 16.6. The highest BCUT2D eigenvalue weighted by Gasteiger charge is 2.26. The van der Waals surface area contributed by atoms with Crippen LogP contribution in [0.1, 0.15) is 25.3 Å². The SMILES string of the molecule is COc1ccc(C(C(=O)Nc2ccc(N3CCOC3=O)cc2)C(C)C)cc1OC. The third-order valence-electron chi connectivity index (χ3n) is 4.92. The van der Waals surface area contributed by atoms with E-state index in [2.05, 4.69) is 5.32 Å². The largest absolute Gasteiger partial charge is 0.493 e. The van der Waals surface area contributed by atoms with E-state index in [-0.39, 0.29) is 23.8 Å². The molecule has 1 fully saturated rings. The number of cyclic esters (lactones) is 1. The smallest absolute Gasteiger partial charge is 0.414 e. The highest BCUT2D eigenvalue weighted by Crippen LogP contribution is 2.34.